The number of rotatable bonds is 2. The lowest BCUT2D eigenvalue weighted by atomic mass is 9.87. The van der Waals surface area contributed by atoms with E-state index in [2.05, 4.69) is 16.5 Å². The van der Waals surface area contributed by atoms with E-state index in [4.69, 9.17) is 23.2 Å². The van der Waals surface area contributed by atoms with Crippen LogP contribution in [0.1, 0.15) is 44.5 Å². The molecular weight excluding hydrogens is 279 g/mol. The molecule has 0 bridgehead atoms. The van der Waals surface area contributed by atoms with E-state index < -0.39 is 0 Å². The van der Waals surface area contributed by atoms with Crippen molar-refractivity contribution in [1.29, 1.82) is 0 Å². The van der Waals surface area contributed by atoms with Gasteiger partial charge in [-0.1, -0.05) is 37.4 Å². The molecule has 1 fully saturated rings. The molecule has 1 aromatic heterocycles. The quantitative estimate of drug-likeness (QED) is 0.698. The van der Waals surface area contributed by atoms with Crippen molar-refractivity contribution < 1.29 is 0 Å². The molecular formula is C15H18Cl2N2. The minimum atomic E-state index is 0.440. The zero-order valence-corrected chi connectivity index (χ0v) is 12.6. The van der Waals surface area contributed by atoms with Crippen LogP contribution in [0.4, 0.5) is 0 Å². The van der Waals surface area contributed by atoms with Crippen molar-refractivity contribution >= 4 is 34.2 Å². The Morgan fingerprint density at radius 1 is 1.37 bits per heavy atom. The fourth-order valence-corrected chi connectivity index (χ4v) is 3.73. The van der Waals surface area contributed by atoms with Gasteiger partial charge in [0.05, 0.1) is 21.9 Å². The summed E-state index contributed by atoms with van der Waals surface area (Å²) in [4.78, 5) is 4.64. The first kappa shape index (κ1) is 13.3. The summed E-state index contributed by atoms with van der Waals surface area (Å²) in [5.41, 5.74) is 2.01. The second-order valence-corrected chi connectivity index (χ2v) is 6.24. The predicted octanol–water partition coefficient (Wildman–Crippen LogP) is 5.18. The second kappa shape index (κ2) is 5.34. The Kier molecular flexibility index (Phi) is 3.72. The van der Waals surface area contributed by atoms with E-state index >= 15 is 0 Å². The number of imidazole rings is 1. The van der Waals surface area contributed by atoms with E-state index in [1.165, 1.54) is 25.7 Å². The summed E-state index contributed by atoms with van der Waals surface area (Å²) in [5.74, 6) is 2.15. The van der Waals surface area contributed by atoms with Gasteiger partial charge in [0.1, 0.15) is 5.82 Å². The maximum atomic E-state index is 6.38. The standard InChI is InChI=1S/C15H18Cl2N2/c1-10-4-2-5-11(8-10)19-14(9-16)18-13-7-3-6-12(17)15(13)19/h3,6-7,10-11H,2,4-5,8-9H2,1H3. The first-order valence-electron chi connectivity index (χ1n) is 6.92. The van der Waals surface area contributed by atoms with Crippen LogP contribution < -0.4 is 0 Å². The third-order valence-electron chi connectivity index (χ3n) is 4.13. The van der Waals surface area contributed by atoms with Crippen LogP contribution in [0.25, 0.3) is 11.0 Å². The number of alkyl halides is 1. The van der Waals surface area contributed by atoms with Crippen molar-refractivity contribution in [3.63, 3.8) is 0 Å². The summed E-state index contributed by atoms with van der Waals surface area (Å²) >= 11 is 12.5. The molecule has 19 heavy (non-hydrogen) atoms. The highest BCUT2D eigenvalue weighted by Crippen LogP contribution is 2.37. The van der Waals surface area contributed by atoms with Crippen molar-refractivity contribution in [2.45, 2.75) is 44.5 Å². The molecule has 1 saturated carbocycles. The molecule has 2 atom stereocenters. The SMILES string of the molecule is CC1CCCC(n2c(CCl)nc3cccc(Cl)c32)C1. The minimum Gasteiger partial charge on any atom is -0.323 e. The van der Waals surface area contributed by atoms with E-state index in [-0.39, 0.29) is 0 Å². The predicted molar refractivity (Wildman–Crippen MR) is 81.0 cm³/mol. The Hall–Kier alpha value is -0.730. The average Bonchev–Trinajstić information content (AvgIpc) is 2.78. The molecule has 1 aliphatic carbocycles. The van der Waals surface area contributed by atoms with E-state index in [0.29, 0.717) is 11.9 Å². The Balaban J connectivity index is 2.14. The highest BCUT2D eigenvalue weighted by molar-refractivity contribution is 6.35. The van der Waals surface area contributed by atoms with Gasteiger partial charge >= 0.3 is 0 Å². The van der Waals surface area contributed by atoms with Gasteiger partial charge in [-0.3, -0.25) is 0 Å². The van der Waals surface area contributed by atoms with E-state index in [1.807, 2.05) is 18.2 Å². The molecule has 0 spiro atoms. The first-order chi connectivity index (χ1) is 9.20. The molecule has 0 saturated heterocycles. The molecule has 1 aromatic carbocycles. The van der Waals surface area contributed by atoms with Gasteiger partial charge in [-0.15, -0.1) is 11.6 Å². The number of hydrogen-bond acceptors (Lipinski definition) is 1. The van der Waals surface area contributed by atoms with E-state index in [9.17, 15) is 0 Å². The number of para-hydroxylation sites is 1. The summed E-state index contributed by atoms with van der Waals surface area (Å²) in [6.07, 6.45) is 5.00. The molecule has 102 valence electrons. The van der Waals surface area contributed by atoms with Crippen molar-refractivity contribution in [2.75, 3.05) is 0 Å². The highest BCUT2D eigenvalue weighted by Gasteiger charge is 2.25. The van der Waals surface area contributed by atoms with Crippen molar-refractivity contribution in [3.05, 3.63) is 29.0 Å². The number of fused-ring (bicyclic) bond motifs is 1. The zero-order chi connectivity index (χ0) is 13.4. The maximum absolute atomic E-state index is 6.38. The number of benzene rings is 1. The number of halogens is 2. The average molecular weight is 297 g/mol. The highest BCUT2D eigenvalue weighted by atomic mass is 35.5. The van der Waals surface area contributed by atoms with Gasteiger partial charge < -0.3 is 4.57 Å². The van der Waals surface area contributed by atoms with Crippen molar-refractivity contribution in [2.24, 2.45) is 5.92 Å². The fourth-order valence-electron chi connectivity index (χ4n) is 3.28. The Labute approximate surface area is 123 Å². The Morgan fingerprint density at radius 3 is 2.95 bits per heavy atom. The summed E-state index contributed by atoms with van der Waals surface area (Å²) in [6, 6.07) is 6.39. The van der Waals surface area contributed by atoms with Crippen LogP contribution in [-0.2, 0) is 5.88 Å². The van der Waals surface area contributed by atoms with Crippen LogP contribution in [0.3, 0.4) is 0 Å². The van der Waals surface area contributed by atoms with Crippen LogP contribution >= 0.6 is 23.2 Å². The number of hydrogen-bond donors (Lipinski definition) is 0. The normalized spacial score (nSPS) is 23.9. The molecule has 0 radical (unpaired) electrons. The lowest BCUT2D eigenvalue weighted by Crippen LogP contribution is -2.19. The van der Waals surface area contributed by atoms with Gasteiger partial charge in [-0.2, -0.15) is 0 Å². The van der Waals surface area contributed by atoms with Gasteiger partial charge in [0.25, 0.3) is 0 Å². The molecule has 4 heteroatoms. The summed E-state index contributed by atoms with van der Waals surface area (Å²) in [7, 11) is 0. The molecule has 2 unspecified atom stereocenters. The van der Waals surface area contributed by atoms with Gasteiger partial charge in [0.15, 0.2) is 0 Å². The molecule has 3 rings (SSSR count). The molecule has 0 aliphatic heterocycles. The Bertz CT molecular complexity index is 591. The monoisotopic (exact) mass is 296 g/mol. The fraction of sp³-hybridized carbons (Fsp3) is 0.533. The van der Waals surface area contributed by atoms with Crippen molar-refractivity contribution in [3.8, 4) is 0 Å². The number of aromatic nitrogens is 2. The Morgan fingerprint density at radius 2 is 2.21 bits per heavy atom. The lowest BCUT2D eigenvalue weighted by Gasteiger charge is -2.29. The molecule has 1 heterocycles. The van der Waals surface area contributed by atoms with Gasteiger partial charge in [0, 0.05) is 6.04 Å². The van der Waals surface area contributed by atoms with E-state index in [0.717, 1.165) is 27.8 Å². The molecule has 0 N–H and O–H groups in total. The van der Waals surface area contributed by atoms with Crippen LogP contribution in [0.5, 0.6) is 0 Å². The second-order valence-electron chi connectivity index (χ2n) is 5.56. The topological polar surface area (TPSA) is 17.8 Å². The summed E-state index contributed by atoms with van der Waals surface area (Å²) in [6.45, 7) is 2.33. The maximum Gasteiger partial charge on any atom is 0.125 e. The van der Waals surface area contributed by atoms with E-state index in [1.54, 1.807) is 0 Å². The van der Waals surface area contributed by atoms with Crippen molar-refractivity contribution in [1.82, 2.24) is 9.55 Å². The molecule has 2 aromatic rings. The molecule has 0 amide bonds. The summed E-state index contributed by atoms with van der Waals surface area (Å²) < 4.78 is 2.29. The molecule has 1 aliphatic rings. The third kappa shape index (κ3) is 2.36. The smallest absolute Gasteiger partial charge is 0.125 e. The van der Waals surface area contributed by atoms with Crippen LogP contribution in [0.2, 0.25) is 5.02 Å². The third-order valence-corrected chi connectivity index (χ3v) is 4.67. The van der Waals surface area contributed by atoms with Gasteiger partial charge in [-0.05, 0) is 30.9 Å². The van der Waals surface area contributed by atoms with Gasteiger partial charge in [-0.25, -0.2) is 4.98 Å². The van der Waals surface area contributed by atoms with Crippen LogP contribution in [0.15, 0.2) is 18.2 Å². The van der Waals surface area contributed by atoms with Crippen LogP contribution in [0, 0.1) is 5.92 Å². The molecule has 2 nitrogen and oxygen atoms in total. The first-order valence-corrected chi connectivity index (χ1v) is 7.83. The summed E-state index contributed by atoms with van der Waals surface area (Å²) in [5, 5.41) is 0.777. The van der Waals surface area contributed by atoms with Gasteiger partial charge in [0.2, 0.25) is 0 Å². The zero-order valence-electron chi connectivity index (χ0n) is 11.1. The minimum absolute atomic E-state index is 0.440. The van der Waals surface area contributed by atoms with Crippen LogP contribution in [-0.4, -0.2) is 9.55 Å². The lowest BCUT2D eigenvalue weighted by molar-refractivity contribution is 0.283. The largest absolute Gasteiger partial charge is 0.323 e. The number of nitrogens with zero attached hydrogens (tertiary/aromatic N) is 2.